The molecule has 1 unspecified atom stereocenters. The van der Waals surface area contributed by atoms with Crippen LogP contribution in [0.25, 0.3) is 0 Å². The van der Waals surface area contributed by atoms with E-state index in [2.05, 4.69) is 26.6 Å². The summed E-state index contributed by atoms with van der Waals surface area (Å²) >= 11 is 0. The third-order valence-electron chi connectivity index (χ3n) is 27.0. The zero-order valence-corrected chi connectivity index (χ0v) is 79.2. The third kappa shape index (κ3) is 26.8. The molecule has 12 aliphatic heterocycles. The number of carbonyl (C=O) groups excluding carboxylic acids is 5. The molecule has 0 aliphatic carbocycles. The van der Waals surface area contributed by atoms with E-state index in [0.29, 0.717) is 0 Å². The molecule has 12 rings (SSSR count). The molecule has 65 heteroatoms. The standard InChI is InChI=1S/C82H137N5O60/c1-18-40(102)52(114)57(119)76(127-18)125-16-33-65(48(110)35(71(124)128-33)83-19(2)97)139-73-37(85-21(4)99)49(111)64(31(14-95)135-73)142-80-61(123)68(145-82-70(56(118)45(107)28(11-92)134-82)147-75-39(87-23(6)101)50(112)62(30(13-94)137-75)140-77-58(120)53(115)42(104)25(8-89)130-77)66(143-72-36(84-20(3)98)47(109)41(103)24(7-88)129-72)34(138-80)17-126-81-69(55(117)44(106)27(10-91)133-81)146-74-38(86-22(5)100)51(113)63(32(15-96)136-74)141-79-60(122)67(46(108)29(12-93)132-79)144-78-59(121)54(116)43(105)26(9-90)131-78/h18,24-82,88-96,102-124H,7-17H2,1-6H3,(H,83,97)(H,84,98)(H,85,99)(H,86,100)(H,87,101)/t18-,24-,25-,26-,27-,28-,29-,30-,31-,32-,33-,34-,35-,36-,37-,38-,39-,40+,41-,42+,43+,44-,45-,46+,47-,48-,49-,50-,51-,52+,53+,54+,55+,56+,57-,58-,59-,60-,61+,62-,63-,64-,65-,66-,67+,68-,69+,70+,71?,72+,73+,74+,75+,76+,77+,78-,79+,80+,81+,82-/m1/s1. The van der Waals surface area contributed by atoms with Crippen molar-refractivity contribution in [3.8, 4) is 0 Å². The average Bonchev–Trinajstić information content (AvgIpc) is 0.764. The maximum Gasteiger partial charge on any atom is 0.217 e. The Kier molecular flexibility index (Phi) is 43.4. The van der Waals surface area contributed by atoms with Crippen LogP contribution in [0.4, 0.5) is 0 Å². The van der Waals surface area contributed by atoms with Gasteiger partial charge in [0.25, 0.3) is 0 Å². The van der Waals surface area contributed by atoms with Gasteiger partial charge in [-0.2, -0.15) is 0 Å². The summed E-state index contributed by atoms with van der Waals surface area (Å²) in [6, 6.07) is -10.3. The van der Waals surface area contributed by atoms with Crippen molar-refractivity contribution in [2.24, 2.45) is 0 Å². The molecule has 12 fully saturated rings. The summed E-state index contributed by atoms with van der Waals surface area (Å²) in [4.78, 5) is 66.3. The lowest BCUT2D eigenvalue weighted by Gasteiger charge is -2.52. The van der Waals surface area contributed by atoms with Gasteiger partial charge in [0.1, 0.15) is 287 Å². The van der Waals surface area contributed by atoms with Crippen LogP contribution in [-0.2, 0) is 133 Å². The molecule has 12 saturated heterocycles. The molecular formula is C82H137N5O60. The minimum Gasteiger partial charge on any atom is -0.394 e. The van der Waals surface area contributed by atoms with Crippen molar-refractivity contribution < 1.29 is 296 Å². The Morgan fingerprint density at radius 2 is 0.429 bits per heavy atom. The number of hydrogen-bond donors (Lipinski definition) is 37. The largest absolute Gasteiger partial charge is 0.394 e. The van der Waals surface area contributed by atoms with Crippen molar-refractivity contribution in [3.63, 3.8) is 0 Å². The van der Waals surface area contributed by atoms with Crippen LogP contribution < -0.4 is 26.6 Å². The number of aliphatic hydroxyl groups excluding tert-OH is 32. The lowest BCUT2D eigenvalue weighted by Crippen LogP contribution is -2.72. The van der Waals surface area contributed by atoms with E-state index < -0.39 is 470 Å². The summed E-state index contributed by atoms with van der Waals surface area (Å²) in [5, 5.41) is 375. The van der Waals surface area contributed by atoms with Crippen molar-refractivity contribution in [1.82, 2.24) is 26.6 Å². The molecule has 0 radical (unpaired) electrons. The minimum absolute atomic E-state index is 0.871. The molecule has 0 saturated carbocycles. The van der Waals surface area contributed by atoms with E-state index in [1.165, 1.54) is 6.92 Å². The summed E-state index contributed by atoms with van der Waals surface area (Å²) in [6.45, 7) is -7.52. The Bertz CT molecular complexity index is 4110. The molecule has 37 N–H and O–H groups in total. The van der Waals surface area contributed by atoms with E-state index >= 15 is 0 Å². The van der Waals surface area contributed by atoms with Gasteiger partial charge in [-0.25, -0.2) is 0 Å². The summed E-state index contributed by atoms with van der Waals surface area (Å²) < 4.78 is 140. The quantitative estimate of drug-likeness (QED) is 0.0273. The Morgan fingerprint density at radius 3 is 0.816 bits per heavy atom. The van der Waals surface area contributed by atoms with E-state index in [1.807, 2.05) is 0 Å². The predicted molar refractivity (Wildman–Crippen MR) is 452 cm³/mol. The number of ether oxygens (including phenoxy) is 23. The second-order valence-electron chi connectivity index (χ2n) is 37.3. The second kappa shape index (κ2) is 52.8. The van der Waals surface area contributed by atoms with Crippen LogP contribution in [0.3, 0.4) is 0 Å². The first-order valence-electron chi connectivity index (χ1n) is 47.0. The Hall–Kier alpha value is -4.85. The first-order chi connectivity index (χ1) is 69.5. The summed E-state index contributed by atoms with van der Waals surface area (Å²) in [6.07, 6.45) is -121. The van der Waals surface area contributed by atoms with E-state index in [4.69, 9.17) is 109 Å². The topological polar surface area (TPSA) is 1010 Å². The lowest BCUT2D eigenvalue weighted by molar-refractivity contribution is -0.409. The van der Waals surface area contributed by atoms with Crippen LogP contribution in [-0.4, -0.2) is 634 Å². The lowest BCUT2D eigenvalue weighted by atomic mass is 9.93. The van der Waals surface area contributed by atoms with Crippen molar-refractivity contribution >= 4 is 29.5 Å². The fourth-order valence-electron chi connectivity index (χ4n) is 19.1. The van der Waals surface area contributed by atoms with Gasteiger partial charge in [-0.1, -0.05) is 0 Å². The Balaban J connectivity index is 0.942. The van der Waals surface area contributed by atoms with Crippen molar-refractivity contribution in [1.29, 1.82) is 0 Å². The first-order valence-corrected chi connectivity index (χ1v) is 47.0. The second-order valence-corrected chi connectivity index (χ2v) is 37.3. The van der Waals surface area contributed by atoms with E-state index in [9.17, 15) is 187 Å². The summed E-state index contributed by atoms with van der Waals surface area (Å²) in [7, 11) is 0. The highest BCUT2D eigenvalue weighted by Gasteiger charge is 2.64. The van der Waals surface area contributed by atoms with Crippen LogP contribution in [0.2, 0.25) is 0 Å². The Labute approximate surface area is 832 Å². The zero-order chi connectivity index (χ0) is 108. The molecule has 65 nitrogen and oxygen atoms in total. The van der Waals surface area contributed by atoms with Crippen molar-refractivity contribution in [2.45, 2.75) is 410 Å². The molecule has 5 amide bonds. The zero-order valence-electron chi connectivity index (χ0n) is 79.2. The summed E-state index contributed by atoms with van der Waals surface area (Å²) in [5.41, 5.74) is 0. The van der Waals surface area contributed by atoms with Gasteiger partial charge in [0.2, 0.25) is 29.5 Å². The SMILES string of the molecule is CC(=O)N[C@H]1[C@H](O[C@H]2[C@H](O)[C@@H](NC(C)=O)C(O)O[C@@H]2CO[C@H]2O[C@H](C)[C@H](O)[C@H](O)[C@H]2O)O[C@H](CO)[C@@H](O[C@@H]2O[C@H](CO[C@H]3O[C@H](CO)[C@@H](O)[C@H](O)[C@@H]3O[C@@H]3O[C@H](CO)[C@@H](O[C@@H]4O[C@H](CO)[C@H](O)[C@H](O[C@H]5O[C@H](CO)[C@H](O)[C@H](O)[C@H]5O)[C@H]4O)[C@H](O)[C@H]3NC(C)=O)[C@@H](O[C@@H]3O[C@H](CO)[C@@H](O)[C@H](O)[C@H]3NC(C)=O)[C@H](O[C@H]3O[C@H](CO)[C@@H](O)[C@H](O)[C@@H]3O[C@@H]3O[C@H](CO)[C@@H](O[C@@H]4O[C@H](CO)[C@H](O)[C@H](O)[C@H]4O)[C@H](O)[C@H]3NC(C)=O)[C@@H]2O)[C@@H]1O. The van der Waals surface area contributed by atoms with Gasteiger partial charge in [0, 0.05) is 34.6 Å². The monoisotopic (exact) mass is 2150 g/mol. The number of aliphatic hydroxyl groups is 32. The maximum absolute atomic E-state index is 13.6. The number of amides is 5. The van der Waals surface area contributed by atoms with Gasteiger partial charge in [-0.15, -0.1) is 0 Å². The van der Waals surface area contributed by atoms with E-state index in [0.717, 1.165) is 34.6 Å². The fourth-order valence-corrected chi connectivity index (χ4v) is 19.1. The van der Waals surface area contributed by atoms with Crippen LogP contribution in [0.15, 0.2) is 0 Å². The predicted octanol–water partition coefficient (Wildman–Crippen LogP) is -25.4. The van der Waals surface area contributed by atoms with Crippen LogP contribution >= 0.6 is 0 Å². The molecule has 12 heterocycles. The number of hydrogen-bond acceptors (Lipinski definition) is 60. The van der Waals surface area contributed by atoms with Gasteiger partial charge in [-0.05, 0) is 6.92 Å². The normalized spacial score (nSPS) is 49.6. The maximum atomic E-state index is 13.6. The molecular weight excluding hydrogens is 2010 g/mol. The van der Waals surface area contributed by atoms with Gasteiger partial charge in [-0.3, -0.25) is 24.0 Å². The number of nitrogens with one attached hydrogen (secondary N) is 5. The molecule has 0 aromatic carbocycles. The molecule has 0 spiro atoms. The van der Waals surface area contributed by atoms with E-state index in [-0.39, 0.29) is 0 Å². The highest BCUT2D eigenvalue weighted by atomic mass is 16.8. The van der Waals surface area contributed by atoms with Crippen LogP contribution in [0, 0.1) is 0 Å². The van der Waals surface area contributed by atoms with E-state index in [1.54, 1.807) is 0 Å². The van der Waals surface area contributed by atoms with Crippen LogP contribution in [0.5, 0.6) is 0 Å². The molecule has 147 heavy (non-hydrogen) atoms. The molecule has 0 aromatic rings. The highest BCUT2D eigenvalue weighted by molar-refractivity contribution is 5.75. The van der Waals surface area contributed by atoms with Crippen molar-refractivity contribution in [2.75, 3.05) is 72.7 Å². The highest BCUT2D eigenvalue weighted by Crippen LogP contribution is 2.43. The van der Waals surface area contributed by atoms with Gasteiger partial charge >= 0.3 is 0 Å². The molecule has 0 bridgehead atoms. The van der Waals surface area contributed by atoms with Gasteiger partial charge in [0.15, 0.2) is 75.5 Å². The van der Waals surface area contributed by atoms with Gasteiger partial charge in [0.05, 0.1) is 78.8 Å². The smallest absolute Gasteiger partial charge is 0.217 e. The molecule has 60 atom stereocenters. The van der Waals surface area contributed by atoms with Crippen LogP contribution in [0.1, 0.15) is 41.5 Å². The molecule has 0 aromatic heterocycles. The Morgan fingerprint density at radius 1 is 0.190 bits per heavy atom. The third-order valence-corrected chi connectivity index (χ3v) is 27.0. The minimum atomic E-state index is -2.86. The molecule has 850 valence electrons. The first kappa shape index (κ1) is 121. The van der Waals surface area contributed by atoms with Crippen molar-refractivity contribution in [3.05, 3.63) is 0 Å². The number of rotatable bonds is 38. The average molecular weight is 2150 g/mol. The fraction of sp³-hybridized carbons (Fsp3) is 0.939. The number of carbonyl (C=O) groups is 5. The molecule has 12 aliphatic rings. The summed E-state index contributed by atoms with van der Waals surface area (Å²) in [5.74, 6) is -5.13. The van der Waals surface area contributed by atoms with Gasteiger partial charge < -0.3 is 299 Å².